The number of benzene rings is 2. The quantitative estimate of drug-likeness (QED) is 0.887. The number of para-hydroxylation sites is 1. The van der Waals surface area contributed by atoms with E-state index in [1.54, 1.807) is 32.4 Å². The molecule has 0 aromatic heterocycles. The maximum Gasteiger partial charge on any atom is 0.251 e. The fraction of sp³-hybridized carbons (Fsp3) is 0.235. The zero-order valence-corrected chi connectivity index (χ0v) is 12.3. The summed E-state index contributed by atoms with van der Waals surface area (Å²) in [6.07, 6.45) is 0.722. The lowest BCUT2D eigenvalue weighted by Gasteiger charge is -2.09. The highest BCUT2D eigenvalue weighted by Crippen LogP contribution is 2.17. The zero-order valence-electron chi connectivity index (χ0n) is 12.3. The second-order valence-corrected chi connectivity index (χ2v) is 4.55. The Bertz CT molecular complexity index is 610. The maximum atomic E-state index is 12.1. The molecule has 0 radical (unpaired) electrons. The normalized spacial score (nSPS) is 10.0. The fourth-order valence-electron chi connectivity index (χ4n) is 2.09. The van der Waals surface area contributed by atoms with Gasteiger partial charge in [0.05, 0.1) is 14.2 Å². The van der Waals surface area contributed by atoms with Crippen LogP contribution in [-0.4, -0.2) is 26.7 Å². The van der Waals surface area contributed by atoms with Crippen molar-refractivity contribution in [2.75, 3.05) is 20.8 Å². The molecule has 0 atom stereocenters. The highest BCUT2D eigenvalue weighted by atomic mass is 16.5. The lowest BCUT2D eigenvalue weighted by atomic mass is 10.1. The Balaban J connectivity index is 1.92. The van der Waals surface area contributed by atoms with Gasteiger partial charge in [-0.2, -0.15) is 0 Å². The summed E-state index contributed by atoms with van der Waals surface area (Å²) in [4.78, 5) is 12.1. The topological polar surface area (TPSA) is 47.6 Å². The summed E-state index contributed by atoms with van der Waals surface area (Å²) >= 11 is 0. The molecular weight excluding hydrogens is 266 g/mol. The number of methoxy groups -OCH3 is 2. The van der Waals surface area contributed by atoms with Crippen molar-refractivity contribution in [3.63, 3.8) is 0 Å². The van der Waals surface area contributed by atoms with Crippen LogP contribution in [0.1, 0.15) is 15.9 Å². The van der Waals surface area contributed by atoms with E-state index >= 15 is 0 Å². The lowest BCUT2D eigenvalue weighted by Crippen LogP contribution is -2.25. The Morgan fingerprint density at radius 2 is 1.86 bits per heavy atom. The third-order valence-corrected chi connectivity index (χ3v) is 3.20. The summed E-state index contributed by atoms with van der Waals surface area (Å²) in [5.41, 5.74) is 1.67. The number of carbonyl (C=O) groups is 1. The number of ether oxygens (including phenoxy) is 2. The molecule has 110 valence electrons. The summed E-state index contributed by atoms with van der Waals surface area (Å²) in [5, 5.41) is 2.90. The highest BCUT2D eigenvalue weighted by Gasteiger charge is 2.07. The van der Waals surface area contributed by atoms with Gasteiger partial charge in [-0.15, -0.1) is 0 Å². The molecule has 1 amide bonds. The summed E-state index contributed by atoms with van der Waals surface area (Å²) < 4.78 is 10.4. The van der Waals surface area contributed by atoms with Crippen LogP contribution in [0.25, 0.3) is 0 Å². The largest absolute Gasteiger partial charge is 0.497 e. The van der Waals surface area contributed by atoms with Crippen LogP contribution in [0.3, 0.4) is 0 Å². The highest BCUT2D eigenvalue weighted by molar-refractivity contribution is 5.94. The Morgan fingerprint density at radius 3 is 2.62 bits per heavy atom. The Hall–Kier alpha value is -2.49. The van der Waals surface area contributed by atoms with Gasteiger partial charge in [0.1, 0.15) is 11.5 Å². The van der Waals surface area contributed by atoms with E-state index in [0.29, 0.717) is 17.9 Å². The Kier molecular flexibility index (Phi) is 5.21. The molecule has 0 unspecified atom stereocenters. The average Bonchev–Trinajstić information content (AvgIpc) is 2.55. The van der Waals surface area contributed by atoms with Crippen LogP contribution < -0.4 is 14.8 Å². The summed E-state index contributed by atoms with van der Waals surface area (Å²) in [5.74, 6) is 1.41. The first kappa shape index (κ1) is 14.9. The summed E-state index contributed by atoms with van der Waals surface area (Å²) in [7, 11) is 3.23. The van der Waals surface area contributed by atoms with Crippen molar-refractivity contribution in [1.82, 2.24) is 5.32 Å². The van der Waals surface area contributed by atoms with Crippen molar-refractivity contribution in [1.29, 1.82) is 0 Å². The minimum atomic E-state index is -0.108. The molecule has 0 bridgehead atoms. The number of hydrogen-bond donors (Lipinski definition) is 1. The molecule has 1 N–H and O–H groups in total. The Labute approximate surface area is 124 Å². The van der Waals surface area contributed by atoms with Crippen LogP contribution in [0, 0.1) is 0 Å². The van der Waals surface area contributed by atoms with Gasteiger partial charge in [0.2, 0.25) is 0 Å². The predicted octanol–water partition coefficient (Wildman–Crippen LogP) is 2.68. The monoisotopic (exact) mass is 285 g/mol. The van der Waals surface area contributed by atoms with Crippen LogP contribution in [0.2, 0.25) is 0 Å². The molecular formula is C17H19NO3. The molecule has 0 aliphatic heterocycles. The van der Waals surface area contributed by atoms with E-state index < -0.39 is 0 Å². The lowest BCUT2D eigenvalue weighted by molar-refractivity contribution is 0.0953. The standard InChI is InChI=1S/C17H19NO3/c1-20-15-8-5-7-14(12-15)17(19)18-11-10-13-6-3-4-9-16(13)21-2/h3-9,12H,10-11H2,1-2H3,(H,18,19). The van der Waals surface area contributed by atoms with Crippen molar-refractivity contribution in [2.24, 2.45) is 0 Å². The SMILES string of the molecule is COc1cccc(C(=O)NCCc2ccccc2OC)c1. The van der Waals surface area contributed by atoms with Gasteiger partial charge >= 0.3 is 0 Å². The molecule has 0 saturated heterocycles. The molecule has 2 aromatic carbocycles. The number of amides is 1. The fourth-order valence-corrected chi connectivity index (χ4v) is 2.09. The van der Waals surface area contributed by atoms with Crippen LogP contribution >= 0.6 is 0 Å². The van der Waals surface area contributed by atoms with Gasteiger partial charge in [-0.25, -0.2) is 0 Å². The molecule has 0 aliphatic rings. The molecule has 0 fully saturated rings. The minimum Gasteiger partial charge on any atom is -0.497 e. The predicted molar refractivity (Wildman–Crippen MR) is 82.0 cm³/mol. The first-order chi connectivity index (χ1) is 10.2. The number of rotatable bonds is 6. The van der Waals surface area contributed by atoms with E-state index in [1.807, 2.05) is 30.3 Å². The third kappa shape index (κ3) is 3.99. The molecule has 0 heterocycles. The minimum absolute atomic E-state index is 0.108. The van der Waals surface area contributed by atoms with Gasteiger partial charge in [0.15, 0.2) is 0 Å². The van der Waals surface area contributed by atoms with Gasteiger partial charge in [-0.3, -0.25) is 4.79 Å². The van der Waals surface area contributed by atoms with Crippen LogP contribution in [0.5, 0.6) is 11.5 Å². The second-order valence-electron chi connectivity index (χ2n) is 4.55. The van der Waals surface area contributed by atoms with E-state index in [-0.39, 0.29) is 5.91 Å². The zero-order chi connectivity index (χ0) is 15.1. The molecule has 2 rings (SSSR count). The summed E-state index contributed by atoms with van der Waals surface area (Å²) in [6.45, 7) is 0.552. The number of carbonyl (C=O) groups excluding carboxylic acids is 1. The molecule has 4 nitrogen and oxygen atoms in total. The average molecular weight is 285 g/mol. The Morgan fingerprint density at radius 1 is 1.05 bits per heavy atom. The van der Waals surface area contributed by atoms with Gasteiger partial charge in [-0.05, 0) is 36.2 Å². The van der Waals surface area contributed by atoms with Gasteiger partial charge in [0, 0.05) is 12.1 Å². The smallest absolute Gasteiger partial charge is 0.251 e. The van der Waals surface area contributed by atoms with E-state index in [2.05, 4.69) is 5.32 Å². The van der Waals surface area contributed by atoms with E-state index in [4.69, 9.17) is 9.47 Å². The second kappa shape index (κ2) is 7.33. The van der Waals surface area contributed by atoms with Gasteiger partial charge < -0.3 is 14.8 Å². The number of nitrogens with one attached hydrogen (secondary N) is 1. The molecule has 0 aliphatic carbocycles. The maximum absolute atomic E-state index is 12.1. The molecule has 0 saturated carbocycles. The van der Waals surface area contributed by atoms with E-state index in [1.165, 1.54) is 0 Å². The summed E-state index contributed by atoms with van der Waals surface area (Å²) in [6, 6.07) is 14.9. The first-order valence-electron chi connectivity index (χ1n) is 6.78. The van der Waals surface area contributed by atoms with Crippen molar-refractivity contribution >= 4 is 5.91 Å². The molecule has 2 aromatic rings. The van der Waals surface area contributed by atoms with Crippen LogP contribution in [0.4, 0.5) is 0 Å². The van der Waals surface area contributed by atoms with Gasteiger partial charge in [0.25, 0.3) is 5.91 Å². The van der Waals surface area contributed by atoms with E-state index in [0.717, 1.165) is 17.7 Å². The molecule has 4 heteroatoms. The van der Waals surface area contributed by atoms with Crippen LogP contribution in [0.15, 0.2) is 48.5 Å². The van der Waals surface area contributed by atoms with Crippen molar-refractivity contribution in [3.8, 4) is 11.5 Å². The van der Waals surface area contributed by atoms with Crippen LogP contribution in [-0.2, 0) is 6.42 Å². The van der Waals surface area contributed by atoms with E-state index in [9.17, 15) is 4.79 Å². The van der Waals surface area contributed by atoms with Crippen molar-refractivity contribution in [2.45, 2.75) is 6.42 Å². The van der Waals surface area contributed by atoms with Crippen molar-refractivity contribution < 1.29 is 14.3 Å². The molecule has 0 spiro atoms. The number of hydrogen-bond acceptors (Lipinski definition) is 3. The first-order valence-corrected chi connectivity index (χ1v) is 6.78. The van der Waals surface area contributed by atoms with Crippen molar-refractivity contribution in [3.05, 3.63) is 59.7 Å². The third-order valence-electron chi connectivity index (χ3n) is 3.20. The van der Waals surface area contributed by atoms with Gasteiger partial charge in [-0.1, -0.05) is 24.3 Å². The molecule has 21 heavy (non-hydrogen) atoms.